The molecule has 0 spiro atoms. The molecule has 23 heavy (non-hydrogen) atoms. The molecule has 2 aliphatic rings. The van der Waals surface area contributed by atoms with E-state index < -0.39 is 0 Å². The van der Waals surface area contributed by atoms with E-state index in [1.165, 1.54) is 10.4 Å². The largest absolute Gasteiger partial charge is 0.340 e. The van der Waals surface area contributed by atoms with Gasteiger partial charge in [-0.15, -0.1) is 11.3 Å². The van der Waals surface area contributed by atoms with E-state index in [1.807, 2.05) is 16.2 Å². The van der Waals surface area contributed by atoms with Crippen molar-refractivity contribution in [3.05, 3.63) is 33.6 Å². The summed E-state index contributed by atoms with van der Waals surface area (Å²) in [6.45, 7) is 4.88. The van der Waals surface area contributed by atoms with Crippen molar-refractivity contribution in [2.75, 3.05) is 19.6 Å². The van der Waals surface area contributed by atoms with Gasteiger partial charge in [-0.3, -0.25) is 9.69 Å². The Labute approximate surface area is 139 Å². The van der Waals surface area contributed by atoms with Gasteiger partial charge < -0.3 is 9.42 Å². The van der Waals surface area contributed by atoms with E-state index >= 15 is 0 Å². The van der Waals surface area contributed by atoms with Crippen LogP contribution in [0.25, 0.3) is 0 Å². The van der Waals surface area contributed by atoms with Crippen LogP contribution in [0.15, 0.2) is 16.0 Å². The quantitative estimate of drug-likeness (QED) is 0.862. The molecule has 2 aromatic rings. The number of hydrogen-bond donors (Lipinski definition) is 0. The minimum absolute atomic E-state index is 0.0264. The fourth-order valence-corrected chi connectivity index (χ4v) is 4.40. The highest BCUT2D eigenvalue weighted by atomic mass is 32.1. The minimum atomic E-state index is -0.0264. The minimum Gasteiger partial charge on any atom is -0.340 e. The van der Waals surface area contributed by atoms with Gasteiger partial charge in [-0.25, -0.2) is 0 Å². The molecule has 0 N–H and O–H groups in total. The number of likely N-dealkylation sites (tertiary alicyclic amines) is 1. The molecule has 2 aliphatic heterocycles. The SMILES string of the molecule is Cc1nc([C@@H]2CCCN2C(=O)CN2CCc3sccc3C2)no1. The van der Waals surface area contributed by atoms with Gasteiger partial charge in [0.15, 0.2) is 5.82 Å². The van der Waals surface area contributed by atoms with Gasteiger partial charge in [0.2, 0.25) is 11.8 Å². The first kappa shape index (κ1) is 14.8. The highest BCUT2D eigenvalue weighted by Gasteiger charge is 2.34. The smallest absolute Gasteiger partial charge is 0.237 e. The number of nitrogens with zero attached hydrogens (tertiary/aromatic N) is 4. The number of aryl methyl sites for hydroxylation is 1. The summed E-state index contributed by atoms with van der Waals surface area (Å²) in [7, 11) is 0. The van der Waals surface area contributed by atoms with Gasteiger partial charge in [0, 0.05) is 31.4 Å². The van der Waals surface area contributed by atoms with E-state index in [1.54, 1.807) is 6.92 Å². The monoisotopic (exact) mass is 332 g/mol. The number of rotatable bonds is 3. The van der Waals surface area contributed by atoms with Gasteiger partial charge in [-0.2, -0.15) is 4.98 Å². The van der Waals surface area contributed by atoms with Crippen LogP contribution < -0.4 is 0 Å². The molecule has 4 rings (SSSR count). The zero-order chi connectivity index (χ0) is 15.8. The Balaban J connectivity index is 1.42. The average Bonchev–Trinajstić information content (AvgIpc) is 3.26. The van der Waals surface area contributed by atoms with Crippen LogP contribution in [0.2, 0.25) is 0 Å². The van der Waals surface area contributed by atoms with Crippen molar-refractivity contribution in [1.82, 2.24) is 19.9 Å². The van der Waals surface area contributed by atoms with Crippen molar-refractivity contribution in [3.63, 3.8) is 0 Å². The molecule has 1 fully saturated rings. The van der Waals surface area contributed by atoms with E-state index in [-0.39, 0.29) is 11.9 Å². The normalized spacial score (nSPS) is 21.6. The average molecular weight is 332 g/mol. The third-order valence-corrected chi connectivity index (χ3v) is 5.68. The molecule has 0 unspecified atom stereocenters. The van der Waals surface area contributed by atoms with Crippen LogP contribution in [-0.2, 0) is 17.8 Å². The Morgan fingerprint density at radius 3 is 3.22 bits per heavy atom. The Hall–Kier alpha value is -1.73. The molecule has 1 saturated heterocycles. The van der Waals surface area contributed by atoms with Gasteiger partial charge in [-0.05, 0) is 36.3 Å². The summed E-state index contributed by atoms with van der Waals surface area (Å²) >= 11 is 1.82. The molecule has 0 saturated carbocycles. The molecule has 0 radical (unpaired) electrons. The molecule has 0 bridgehead atoms. The van der Waals surface area contributed by atoms with Crippen LogP contribution in [0.1, 0.15) is 41.0 Å². The number of aromatic nitrogens is 2. The van der Waals surface area contributed by atoms with E-state index in [4.69, 9.17) is 4.52 Å². The summed E-state index contributed by atoms with van der Waals surface area (Å²) in [5.41, 5.74) is 1.38. The second-order valence-corrected chi connectivity index (χ2v) is 7.25. The van der Waals surface area contributed by atoms with Crippen molar-refractivity contribution in [2.24, 2.45) is 0 Å². The van der Waals surface area contributed by atoms with Crippen molar-refractivity contribution in [3.8, 4) is 0 Å². The van der Waals surface area contributed by atoms with Gasteiger partial charge in [0.1, 0.15) is 0 Å². The lowest BCUT2D eigenvalue weighted by atomic mass is 10.1. The highest BCUT2D eigenvalue weighted by Crippen LogP contribution is 2.31. The summed E-state index contributed by atoms with van der Waals surface area (Å²) in [4.78, 5) is 22.7. The number of fused-ring (bicyclic) bond motifs is 1. The fraction of sp³-hybridized carbons (Fsp3) is 0.562. The Morgan fingerprint density at radius 2 is 2.39 bits per heavy atom. The molecule has 2 aromatic heterocycles. The van der Waals surface area contributed by atoms with E-state index in [0.29, 0.717) is 18.3 Å². The molecule has 0 aromatic carbocycles. The molecule has 4 heterocycles. The molecular weight excluding hydrogens is 312 g/mol. The zero-order valence-corrected chi connectivity index (χ0v) is 14.0. The second kappa shape index (κ2) is 6.05. The lowest BCUT2D eigenvalue weighted by Gasteiger charge is -2.29. The summed E-state index contributed by atoms with van der Waals surface area (Å²) in [6, 6.07) is 2.15. The predicted octanol–water partition coefficient (Wildman–Crippen LogP) is 2.16. The summed E-state index contributed by atoms with van der Waals surface area (Å²) in [5.74, 6) is 1.38. The van der Waals surface area contributed by atoms with Crippen molar-refractivity contribution in [1.29, 1.82) is 0 Å². The lowest BCUT2D eigenvalue weighted by molar-refractivity contribution is -0.133. The fourth-order valence-electron chi connectivity index (χ4n) is 3.51. The number of amides is 1. The lowest BCUT2D eigenvalue weighted by Crippen LogP contribution is -2.41. The second-order valence-electron chi connectivity index (χ2n) is 6.25. The Kier molecular flexibility index (Phi) is 3.90. The molecule has 0 aliphatic carbocycles. The van der Waals surface area contributed by atoms with Crippen LogP contribution in [-0.4, -0.2) is 45.5 Å². The van der Waals surface area contributed by atoms with Crippen LogP contribution in [0.3, 0.4) is 0 Å². The van der Waals surface area contributed by atoms with Crippen LogP contribution in [0.5, 0.6) is 0 Å². The number of carbonyl (C=O) groups is 1. The summed E-state index contributed by atoms with van der Waals surface area (Å²) in [5, 5.41) is 6.15. The molecule has 122 valence electrons. The van der Waals surface area contributed by atoms with E-state index in [9.17, 15) is 4.79 Å². The van der Waals surface area contributed by atoms with Gasteiger partial charge in [0.05, 0.1) is 12.6 Å². The molecular formula is C16H20N4O2S. The zero-order valence-electron chi connectivity index (χ0n) is 13.2. The third kappa shape index (κ3) is 2.90. The first-order valence-corrected chi connectivity index (χ1v) is 8.96. The Bertz CT molecular complexity index is 711. The highest BCUT2D eigenvalue weighted by molar-refractivity contribution is 7.10. The standard InChI is InChI=1S/C16H20N4O2S/c1-11-17-16(18-22-11)13-3-2-6-20(13)15(21)10-19-7-4-14-12(9-19)5-8-23-14/h5,8,13H,2-4,6-7,9-10H2,1H3/t13-/m0/s1. The van der Waals surface area contributed by atoms with Gasteiger partial charge in [0.25, 0.3) is 0 Å². The van der Waals surface area contributed by atoms with Crippen LogP contribution in [0, 0.1) is 6.92 Å². The van der Waals surface area contributed by atoms with Crippen molar-refractivity contribution in [2.45, 2.75) is 38.8 Å². The van der Waals surface area contributed by atoms with E-state index in [0.717, 1.165) is 38.9 Å². The van der Waals surface area contributed by atoms with Crippen LogP contribution >= 0.6 is 11.3 Å². The number of hydrogen-bond acceptors (Lipinski definition) is 6. The predicted molar refractivity (Wildman–Crippen MR) is 86.0 cm³/mol. The maximum absolute atomic E-state index is 12.8. The number of carbonyl (C=O) groups excluding carboxylic acids is 1. The summed E-state index contributed by atoms with van der Waals surface area (Å²) in [6.07, 6.45) is 2.96. The maximum atomic E-state index is 12.8. The molecule has 7 heteroatoms. The molecule has 1 amide bonds. The summed E-state index contributed by atoms with van der Waals surface area (Å²) < 4.78 is 5.08. The molecule has 6 nitrogen and oxygen atoms in total. The third-order valence-electron chi connectivity index (χ3n) is 4.66. The number of thiophene rings is 1. The first-order chi connectivity index (χ1) is 11.2. The van der Waals surface area contributed by atoms with E-state index in [2.05, 4.69) is 26.5 Å². The van der Waals surface area contributed by atoms with Gasteiger partial charge >= 0.3 is 0 Å². The maximum Gasteiger partial charge on any atom is 0.237 e. The topological polar surface area (TPSA) is 62.5 Å². The molecule has 1 atom stereocenters. The Morgan fingerprint density at radius 1 is 1.48 bits per heavy atom. The van der Waals surface area contributed by atoms with Crippen molar-refractivity contribution >= 4 is 17.2 Å². The van der Waals surface area contributed by atoms with Gasteiger partial charge in [-0.1, -0.05) is 5.16 Å². The first-order valence-electron chi connectivity index (χ1n) is 8.08. The van der Waals surface area contributed by atoms with Crippen LogP contribution in [0.4, 0.5) is 0 Å². The van der Waals surface area contributed by atoms with Crippen molar-refractivity contribution < 1.29 is 9.32 Å².